The molecule has 0 aliphatic carbocycles. The number of nitrogens with zero attached hydrogens (tertiary/aromatic N) is 1. The van der Waals surface area contributed by atoms with Gasteiger partial charge in [0.1, 0.15) is 5.75 Å². The Morgan fingerprint density at radius 1 is 1.15 bits per heavy atom. The van der Waals surface area contributed by atoms with Crippen LogP contribution in [0.5, 0.6) is 5.75 Å². The summed E-state index contributed by atoms with van der Waals surface area (Å²) in [5, 5.41) is 10.3. The molecule has 27 heavy (non-hydrogen) atoms. The highest BCUT2D eigenvalue weighted by molar-refractivity contribution is 7.92. The Morgan fingerprint density at radius 3 is 2.44 bits per heavy atom. The number of anilines is 1. The molecule has 146 valence electrons. The van der Waals surface area contributed by atoms with E-state index >= 15 is 0 Å². The molecule has 3 rings (SSSR count). The third kappa shape index (κ3) is 4.19. The predicted octanol–water partition coefficient (Wildman–Crippen LogP) is 3.92. The number of benzene rings is 2. The number of fused-ring (bicyclic) bond motifs is 1. The van der Waals surface area contributed by atoms with Crippen molar-refractivity contribution in [3.63, 3.8) is 0 Å². The SMILES string of the molecule is Cc1ccc(S(=O)(=O)N2CCCC(O)c3cc(OC(F)(F)F)ccc32)cc1. The number of sulfonamides is 1. The highest BCUT2D eigenvalue weighted by Gasteiger charge is 2.34. The van der Waals surface area contributed by atoms with Crippen LogP contribution in [0.25, 0.3) is 0 Å². The Balaban J connectivity index is 2.06. The number of halogens is 3. The lowest BCUT2D eigenvalue weighted by Gasteiger charge is -2.25. The van der Waals surface area contributed by atoms with Gasteiger partial charge in [-0.2, -0.15) is 0 Å². The molecule has 2 aromatic rings. The standard InChI is InChI=1S/C18H18F3NO4S/c1-12-4-7-14(8-5-12)27(24,25)22-10-2-3-17(23)15-11-13(6-9-16(15)22)26-18(19,20)21/h4-9,11,17,23H,2-3,10H2,1H3. The number of hydrogen-bond donors (Lipinski definition) is 1. The number of rotatable bonds is 3. The molecule has 1 unspecified atom stereocenters. The zero-order valence-electron chi connectivity index (χ0n) is 14.4. The van der Waals surface area contributed by atoms with E-state index in [1.54, 1.807) is 12.1 Å². The topological polar surface area (TPSA) is 66.8 Å². The van der Waals surface area contributed by atoms with Gasteiger partial charge in [-0.15, -0.1) is 13.2 Å². The smallest absolute Gasteiger partial charge is 0.406 e. The van der Waals surface area contributed by atoms with Gasteiger partial charge in [0.15, 0.2) is 0 Å². The van der Waals surface area contributed by atoms with Crippen LogP contribution in [0.3, 0.4) is 0 Å². The Hall–Kier alpha value is -2.26. The van der Waals surface area contributed by atoms with E-state index in [1.807, 2.05) is 6.92 Å². The fourth-order valence-corrected chi connectivity index (χ4v) is 4.54. The van der Waals surface area contributed by atoms with Gasteiger partial charge >= 0.3 is 6.36 Å². The molecule has 0 saturated carbocycles. The second-order valence-corrected chi connectivity index (χ2v) is 8.18. The second-order valence-electron chi connectivity index (χ2n) is 6.32. The molecule has 0 fully saturated rings. The van der Waals surface area contributed by atoms with Gasteiger partial charge in [0, 0.05) is 12.1 Å². The van der Waals surface area contributed by atoms with Crippen molar-refractivity contribution in [1.82, 2.24) is 0 Å². The maximum Gasteiger partial charge on any atom is 0.573 e. The second kappa shape index (κ2) is 7.05. The minimum Gasteiger partial charge on any atom is -0.406 e. The Morgan fingerprint density at radius 2 is 1.81 bits per heavy atom. The molecule has 5 nitrogen and oxygen atoms in total. The molecule has 9 heteroatoms. The van der Waals surface area contributed by atoms with Crippen molar-refractivity contribution >= 4 is 15.7 Å². The molecular weight excluding hydrogens is 383 g/mol. The summed E-state index contributed by atoms with van der Waals surface area (Å²) in [5.41, 5.74) is 1.13. The molecule has 0 aromatic heterocycles. The molecule has 1 aliphatic rings. The summed E-state index contributed by atoms with van der Waals surface area (Å²) < 4.78 is 68.6. The summed E-state index contributed by atoms with van der Waals surface area (Å²) in [6.45, 7) is 1.94. The summed E-state index contributed by atoms with van der Waals surface area (Å²) in [7, 11) is -3.93. The Kier molecular flexibility index (Phi) is 5.09. The normalized spacial score (nSPS) is 18.0. The van der Waals surface area contributed by atoms with Crippen LogP contribution in [0.1, 0.15) is 30.1 Å². The first-order chi connectivity index (χ1) is 12.6. The van der Waals surface area contributed by atoms with Crippen LogP contribution in [0.15, 0.2) is 47.4 Å². The zero-order valence-corrected chi connectivity index (χ0v) is 15.2. The van der Waals surface area contributed by atoms with Crippen LogP contribution in [0, 0.1) is 6.92 Å². The number of alkyl halides is 3. The number of aliphatic hydroxyl groups is 1. The third-order valence-corrected chi connectivity index (χ3v) is 6.14. The zero-order chi connectivity index (χ0) is 19.8. The first-order valence-corrected chi connectivity index (χ1v) is 9.69. The maximum atomic E-state index is 13.1. The lowest BCUT2D eigenvalue weighted by Crippen LogP contribution is -2.32. The van der Waals surface area contributed by atoms with Gasteiger partial charge in [0.2, 0.25) is 0 Å². The van der Waals surface area contributed by atoms with Gasteiger partial charge < -0.3 is 9.84 Å². The van der Waals surface area contributed by atoms with E-state index < -0.39 is 28.2 Å². The lowest BCUT2D eigenvalue weighted by atomic mass is 10.0. The predicted molar refractivity (Wildman–Crippen MR) is 93.0 cm³/mol. The van der Waals surface area contributed by atoms with Crippen LogP contribution in [-0.4, -0.2) is 26.4 Å². The molecule has 0 radical (unpaired) electrons. The highest BCUT2D eigenvalue weighted by Crippen LogP contribution is 2.39. The minimum atomic E-state index is -4.88. The number of aryl methyl sites for hydroxylation is 1. The van der Waals surface area contributed by atoms with Crippen molar-refractivity contribution < 1.29 is 31.4 Å². The molecule has 1 N–H and O–H groups in total. The molecule has 1 heterocycles. The number of hydrogen-bond acceptors (Lipinski definition) is 4. The van der Waals surface area contributed by atoms with Gasteiger partial charge in [-0.3, -0.25) is 4.31 Å². The lowest BCUT2D eigenvalue weighted by molar-refractivity contribution is -0.274. The van der Waals surface area contributed by atoms with Crippen molar-refractivity contribution in [2.75, 3.05) is 10.8 Å². The van der Waals surface area contributed by atoms with Gasteiger partial charge in [-0.05, 0) is 50.1 Å². The van der Waals surface area contributed by atoms with E-state index in [0.29, 0.717) is 6.42 Å². The monoisotopic (exact) mass is 401 g/mol. The Bertz CT molecular complexity index is 927. The summed E-state index contributed by atoms with van der Waals surface area (Å²) in [6.07, 6.45) is -5.38. The summed E-state index contributed by atoms with van der Waals surface area (Å²) in [4.78, 5) is 0.0751. The van der Waals surface area contributed by atoms with Crippen LogP contribution in [-0.2, 0) is 10.0 Å². The van der Waals surface area contributed by atoms with Crippen molar-refractivity contribution in [3.05, 3.63) is 53.6 Å². The largest absolute Gasteiger partial charge is 0.573 e. The molecular formula is C18H18F3NO4S. The van der Waals surface area contributed by atoms with Crippen molar-refractivity contribution in [2.24, 2.45) is 0 Å². The quantitative estimate of drug-likeness (QED) is 0.847. The average Bonchev–Trinajstić information content (AvgIpc) is 2.73. The first-order valence-electron chi connectivity index (χ1n) is 8.25. The third-order valence-electron chi connectivity index (χ3n) is 4.31. The van der Waals surface area contributed by atoms with Crippen LogP contribution >= 0.6 is 0 Å². The molecule has 0 bridgehead atoms. The van der Waals surface area contributed by atoms with Crippen molar-refractivity contribution in [1.29, 1.82) is 0 Å². The van der Waals surface area contributed by atoms with E-state index in [0.717, 1.165) is 22.0 Å². The van der Waals surface area contributed by atoms with Crippen molar-refractivity contribution in [3.8, 4) is 5.75 Å². The maximum absolute atomic E-state index is 13.1. The van der Waals surface area contributed by atoms with E-state index in [1.165, 1.54) is 18.2 Å². The molecule has 0 amide bonds. The van der Waals surface area contributed by atoms with Crippen LogP contribution in [0.4, 0.5) is 18.9 Å². The number of ether oxygens (including phenoxy) is 1. The van der Waals surface area contributed by atoms with Crippen LogP contribution in [0.2, 0.25) is 0 Å². The van der Waals surface area contributed by atoms with E-state index in [2.05, 4.69) is 4.74 Å². The molecule has 0 saturated heterocycles. The van der Waals surface area contributed by atoms with Gasteiger partial charge in [-0.25, -0.2) is 8.42 Å². The highest BCUT2D eigenvalue weighted by atomic mass is 32.2. The molecule has 1 aliphatic heterocycles. The molecule has 2 aromatic carbocycles. The van der Waals surface area contributed by atoms with E-state index in [4.69, 9.17) is 0 Å². The fourth-order valence-electron chi connectivity index (χ4n) is 3.02. The fraction of sp³-hybridized carbons (Fsp3) is 0.333. The summed E-state index contributed by atoms with van der Waals surface area (Å²) in [6, 6.07) is 9.61. The van der Waals surface area contributed by atoms with Gasteiger partial charge in [-0.1, -0.05) is 17.7 Å². The summed E-state index contributed by atoms with van der Waals surface area (Å²) in [5.74, 6) is -0.505. The average molecular weight is 401 g/mol. The van der Waals surface area contributed by atoms with Crippen molar-refractivity contribution in [2.45, 2.75) is 37.1 Å². The Labute approximate surface area is 155 Å². The van der Waals surface area contributed by atoms with Gasteiger partial charge in [0.25, 0.3) is 10.0 Å². The van der Waals surface area contributed by atoms with E-state index in [9.17, 15) is 26.7 Å². The van der Waals surface area contributed by atoms with E-state index in [-0.39, 0.29) is 29.1 Å². The minimum absolute atomic E-state index is 0.0751. The molecule has 1 atom stereocenters. The first kappa shape index (κ1) is 19.5. The summed E-state index contributed by atoms with van der Waals surface area (Å²) >= 11 is 0. The molecule has 0 spiro atoms. The van der Waals surface area contributed by atoms with Gasteiger partial charge in [0.05, 0.1) is 16.7 Å². The van der Waals surface area contributed by atoms with Crippen LogP contribution < -0.4 is 9.04 Å². The number of aliphatic hydroxyl groups excluding tert-OH is 1.